The molecule has 0 spiro atoms. The number of hydrogen-bond acceptors (Lipinski definition) is 3. The van der Waals surface area contributed by atoms with Crippen LogP contribution in [0.5, 0.6) is 0 Å². The topological polar surface area (TPSA) is 59.0 Å². The molecule has 0 bridgehead atoms. The van der Waals surface area contributed by atoms with Gasteiger partial charge in [-0.2, -0.15) is 5.10 Å². The number of aryl methyl sites for hydroxylation is 1. The normalized spacial score (nSPS) is 16.4. The Morgan fingerprint density at radius 1 is 1.32 bits per heavy atom. The summed E-state index contributed by atoms with van der Waals surface area (Å²) in [4.78, 5) is 12.6. The standard InChI is InChI=1S/C19H26N4O.ClH/c1-20-17(16-12-22-23(2)13-16)18(24)21-14-19(9-6-10-19)11-15-7-4-3-5-8-15;/h3-5,7-8,12-13,17,20H,6,9-11,14H2,1-2H3,(H,21,24);1H. The monoisotopic (exact) mass is 362 g/mol. The second-order valence-electron chi connectivity index (χ2n) is 6.90. The van der Waals surface area contributed by atoms with Crippen LogP contribution < -0.4 is 10.6 Å². The summed E-state index contributed by atoms with van der Waals surface area (Å²) in [6, 6.07) is 10.2. The minimum atomic E-state index is -0.354. The molecule has 6 heteroatoms. The molecule has 1 unspecified atom stereocenters. The van der Waals surface area contributed by atoms with E-state index in [0.717, 1.165) is 18.5 Å². The first-order valence-electron chi connectivity index (χ1n) is 8.59. The molecule has 0 radical (unpaired) electrons. The quantitative estimate of drug-likeness (QED) is 0.796. The Morgan fingerprint density at radius 3 is 2.56 bits per heavy atom. The molecule has 0 saturated heterocycles. The number of aromatic nitrogens is 2. The van der Waals surface area contributed by atoms with Crippen molar-refractivity contribution in [2.45, 2.75) is 31.7 Å². The van der Waals surface area contributed by atoms with Crippen LogP contribution in [0.15, 0.2) is 42.7 Å². The summed E-state index contributed by atoms with van der Waals surface area (Å²) in [6.07, 6.45) is 8.26. The van der Waals surface area contributed by atoms with E-state index in [1.54, 1.807) is 17.9 Å². The highest BCUT2D eigenvalue weighted by molar-refractivity contribution is 5.85. The van der Waals surface area contributed by atoms with E-state index >= 15 is 0 Å². The maximum Gasteiger partial charge on any atom is 0.241 e. The fourth-order valence-corrected chi connectivity index (χ4v) is 3.54. The Kier molecular flexibility index (Phi) is 6.62. The highest BCUT2D eigenvalue weighted by atomic mass is 35.5. The fraction of sp³-hybridized carbons (Fsp3) is 0.474. The number of amides is 1. The Labute approximate surface area is 155 Å². The van der Waals surface area contributed by atoms with Gasteiger partial charge in [0.25, 0.3) is 0 Å². The van der Waals surface area contributed by atoms with Crippen molar-refractivity contribution < 1.29 is 4.79 Å². The fourth-order valence-electron chi connectivity index (χ4n) is 3.54. The summed E-state index contributed by atoms with van der Waals surface area (Å²) in [5.41, 5.74) is 2.46. The predicted molar refractivity (Wildman–Crippen MR) is 102 cm³/mol. The van der Waals surface area contributed by atoms with Crippen LogP contribution in [0.4, 0.5) is 0 Å². The molecule has 1 fully saturated rings. The summed E-state index contributed by atoms with van der Waals surface area (Å²) >= 11 is 0. The van der Waals surface area contributed by atoms with E-state index in [1.807, 2.05) is 19.3 Å². The average Bonchev–Trinajstić information content (AvgIpc) is 2.97. The lowest BCUT2D eigenvalue weighted by molar-refractivity contribution is -0.124. The third-order valence-corrected chi connectivity index (χ3v) is 5.08. The molecule has 1 aromatic heterocycles. The van der Waals surface area contributed by atoms with E-state index in [-0.39, 0.29) is 29.8 Å². The minimum Gasteiger partial charge on any atom is -0.354 e. The molecule has 0 aliphatic heterocycles. The number of hydrogen-bond donors (Lipinski definition) is 2. The number of rotatable bonds is 7. The zero-order valence-corrected chi connectivity index (χ0v) is 15.7. The van der Waals surface area contributed by atoms with Gasteiger partial charge in [-0.3, -0.25) is 9.48 Å². The van der Waals surface area contributed by atoms with Crippen molar-refractivity contribution in [3.63, 3.8) is 0 Å². The van der Waals surface area contributed by atoms with Crippen molar-refractivity contribution in [2.75, 3.05) is 13.6 Å². The molecule has 1 aromatic carbocycles. The molecule has 1 saturated carbocycles. The van der Waals surface area contributed by atoms with E-state index in [0.29, 0.717) is 0 Å². The summed E-state index contributed by atoms with van der Waals surface area (Å²) in [5, 5.41) is 10.4. The van der Waals surface area contributed by atoms with Crippen molar-refractivity contribution in [3.8, 4) is 0 Å². The van der Waals surface area contributed by atoms with Gasteiger partial charge in [0.2, 0.25) is 5.91 Å². The van der Waals surface area contributed by atoms with Crippen LogP contribution in [0.25, 0.3) is 0 Å². The minimum absolute atomic E-state index is 0. The first kappa shape index (κ1) is 19.5. The van der Waals surface area contributed by atoms with Crippen molar-refractivity contribution in [2.24, 2.45) is 12.5 Å². The number of likely N-dealkylation sites (N-methyl/N-ethyl adjacent to an activating group) is 1. The third-order valence-electron chi connectivity index (χ3n) is 5.08. The predicted octanol–water partition coefficient (Wildman–Crippen LogP) is 2.63. The smallest absolute Gasteiger partial charge is 0.241 e. The van der Waals surface area contributed by atoms with Crippen molar-refractivity contribution in [1.29, 1.82) is 0 Å². The van der Waals surface area contributed by atoms with E-state index in [4.69, 9.17) is 0 Å². The number of carbonyl (C=O) groups is 1. The van der Waals surface area contributed by atoms with E-state index in [9.17, 15) is 4.79 Å². The van der Waals surface area contributed by atoms with Crippen LogP contribution in [0, 0.1) is 5.41 Å². The molecule has 25 heavy (non-hydrogen) atoms. The third kappa shape index (κ3) is 4.61. The van der Waals surface area contributed by atoms with Crippen molar-refractivity contribution >= 4 is 18.3 Å². The van der Waals surface area contributed by atoms with Gasteiger partial charge in [0.1, 0.15) is 6.04 Å². The highest BCUT2D eigenvalue weighted by Crippen LogP contribution is 2.43. The van der Waals surface area contributed by atoms with Gasteiger partial charge < -0.3 is 10.6 Å². The first-order valence-corrected chi connectivity index (χ1v) is 8.59. The maximum absolute atomic E-state index is 12.6. The van der Waals surface area contributed by atoms with Gasteiger partial charge in [0.15, 0.2) is 0 Å². The van der Waals surface area contributed by atoms with E-state index in [1.165, 1.54) is 24.8 Å². The molecule has 2 N–H and O–H groups in total. The maximum atomic E-state index is 12.6. The van der Waals surface area contributed by atoms with Crippen LogP contribution in [-0.4, -0.2) is 29.3 Å². The number of halogens is 1. The lowest BCUT2D eigenvalue weighted by Gasteiger charge is -2.42. The summed E-state index contributed by atoms with van der Waals surface area (Å²) < 4.78 is 1.72. The Balaban J connectivity index is 0.00000225. The van der Waals surface area contributed by atoms with Crippen LogP contribution in [0.2, 0.25) is 0 Å². The zero-order valence-electron chi connectivity index (χ0n) is 14.9. The molecule has 1 atom stereocenters. The molecule has 1 heterocycles. The molecule has 3 rings (SSSR count). The lowest BCUT2D eigenvalue weighted by Crippen LogP contribution is -2.46. The molecular formula is C19H27ClN4O. The molecule has 1 aliphatic carbocycles. The summed E-state index contributed by atoms with van der Waals surface area (Å²) in [7, 11) is 3.66. The van der Waals surface area contributed by atoms with Crippen LogP contribution in [0.1, 0.15) is 36.4 Å². The largest absolute Gasteiger partial charge is 0.354 e. The second kappa shape index (κ2) is 8.50. The number of nitrogens with one attached hydrogen (secondary N) is 2. The number of benzene rings is 1. The van der Waals surface area contributed by atoms with Crippen LogP contribution >= 0.6 is 12.4 Å². The van der Waals surface area contributed by atoms with Crippen LogP contribution in [0.3, 0.4) is 0 Å². The van der Waals surface area contributed by atoms with Gasteiger partial charge in [-0.1, -0.05) is 36.8 Å². The van der Waals surface area contributed by atoms with Crippen LogP contribution in [-0.2, 0) is 18.3 Å². The molecule has 1 aliphatic rings. The Bertz CT molecular complexity index is 682. The zero-order chi connectivity index (χ0) is 17.0. The second-order valence-corrected chi connectivity index (χ2v) is 6.90. The molecule has 2 aromatic rings. The van der Waals surface area contributed by atoms with Crippen molar-refractivity contribution in [1.82, 2.24) is 20.4 Å². The van der Waals surface area contributed by atoms with Crippen molar-refractivity contribution in [3.05, 3.63) is 53.9 Å². The van der Waals surface area contributed by atoms with Gasteiger partial charge in [-0.25, -0.2) is 0 Å². The molecule has 5 nitrogen and oxygen atoms in total. The van der Waals surface area contributed by atoms with Gasteiger partial charge in [-0.15, -0.1) is 12.4 Å². The molecule has 1 amide bonds. The molecular weight excluding hydrogens is 336 g/mol. The van der Waals surface area contributed by atoms with E-state index in [2.05, 4.69) is 40.0 Å². The number of carbonyl (C=O) groups excluding carboxylic acids is 1. The van der Waals surface area contributed by atoms with Gasteiger partial charge in [0, 0.05) is 25.4 Å². The van der Waals surface area contributed by atoms with Gasteiger partial charge >= 0.3 is 0 Å². The SMILES string of the molecule is CNC(C(=O)NCC1(Cc2ccccc2)CCC1)c1cnn(C)c1.Cl. The molecule has 136 valence electrons. The average molecular weight is 363 g/mol. The number of nitrogens with zero attached hydrogens (tertiary/aromatic N) is 2. The van der Waals surface area contributed by atoms with E-state index < -0.39 is 0 Å². The summed E-state index contributed by atoms with van der Waals surface area (Å²) in [6.45, 7) is 0.735. The van der Waals surface area contributed by atoms with Gasteiger partial charge in [-0.05, 0) is 37.3 Å². The van der Waals surface area contributed by atoms with Gasteiger partial charge in [0.05, 0.1) is 6.20 Å². The lowest BCUT2D eigenvalue weighted by atomic mass is 9.65. The first-order chi connectivity index (χ1) is 11.6. The Hall–Kier alpha value is -1.85. The highest BCUT2D eigenvalue weighted by Gasteiger charge is 2.37. The summed E-state index contributed by atoms with van der Waals surface area (Å²) in [5.74, 6) is 0.0184. The Morgan fingerprint density at radius 2 is 2.04 bits per heavy atom.